The zero-order chi connectivity index (χ0) is 19.8. The molecule has 0 saturated heterocycles. The third-order valence-corrected chi connectivity index (χ3v) is 4.42. The van der Waals surface area contributed by atoms with E-state index in [2.05, 4.69) is 19.2 Å². The van der Waals surface area contributed by atoms with Gasteiger partial charge in [-0.1, -0.05) is 44.2 Å². The van der Waals surface area contributed by atoms with Gasteiger partial charge in [0.15, 0.2) is 6.10 Å². The summed E-state index contributed by atoms with van der Waals surface area (Å²) in [5.74, 6) is -0.193. The van der Waals surface area contributed by atoms with Crippen LogP contribution < -0.4 is 10.1 Å². The van der Waals surface area contributed by atoms with Crippen molar-refractivity contribution in [3.63, 3.8) is 0 Å². The Balaban J connectivity index is 2.08. The Bertz CT molecular complexity index is 787. The maximum Gasteiger partial charge on any atom is 0.342 e. The third kappa shape index (κ3) is 5.33. The van der Waals surface area contributed by atoms with Crippen LogP contribution in [0.3, 0.4) is 0 Å². The number of esters is 1. The van der Waals surface area contributed by atoms with Gasteiger partial charge in [0.05, 0.1) is 6.61 Å². The smallest absolute Gasteiger partial charge is 0.342 e. The minimum atomic E-state index is -0.933. The number of hydrogen-bond acceptors (Lipinski definition) is 4. The molecule has 0 fully saturated rings. The number of rotatable bonds is 8. The van der Waals surface area contributed by atoms with Crippen LogP contribution in [-0.4, -0.2) is 24.6 Å². The molecule has 0 radical (unpaired) electrons. The Hall–Kier alpha value is -2.82. The van der Waals surface area contributed by atoms with Crippen molar-refractivity contribution in [3.05, 3.63) is 59.7 Å². The van der Waals surface area contributed by atoms with Crippen LogP contribution in [0.1, 0.15) is 56.0 Å². The molecule has 0 spiro atoms. The van der Waals surface area contributed by atoms with Crippen LogP contribution in [0, 0.1) is 0 Å². The molecule has 0 heterocycles. The van der Waals surface area contributed by atoms with E-state index in [-0.39, 0.29) is 5.91 Å². The van der Waals surface area contributed by atoms with Gasteiger partial charge in [0.25, 0.3) is 5.91 Å². The molecule has 0 aliphatic carbocycles. The molecule has 5 nitrogen and oxygen atoms in total. The second-order valence-corrected chi connectivity index (χ2v) is 6.36. The van der Waals surface area contributed by atoms with Crippen molar-refractivity contribution < 1.29 is 19.1 Å². The number of hydrogen-bond donors (Lipinski definition) is 1. The van der Waals surface area contributed by atoms with Gasteiger partial charge < -0.3 is 14.8 Å². The van der Waals surface area contributed by atoms with E-state index in [0.717, 1.165) is 17.7 Å². The first-order valence-electron chi connectivity index (χ1n) is 9.30. The highest BCUT2D eigenvalue weighted by molar-refractivity contribution is 5.98. The standard InChI is InChI=1S/C22H27NO4/c1-5-15(3)17-11-7-9-13-19(17)23-21(24)16(4)27-22(25)18-12-8-10-14-20(18)26-6-2/h7-16H,5-6H2,1-4H3,(H,23,24)/t15-,16-/m1/s1. The molecule has 2 rings (SSSR count). The van der Waals surface area contributed by atoms with Gasteiger partial charge in [-0.2, -0.15) is 0 Å². The molecule has 0 aliphatic heterocycles. The van der Waals surface area contributed by atoms with Gasteiger partial charge in [-0.05, 0) is 49.9 Å². The summed E-state index contributed by atoms with van der Waals surface area (Å²) in [4.78, 5) is 25.0. The minimum absolute atomic E-state index is 0.305. The number of amides is 1. The maximum absolute atomic E-state index is 12.5. The largest absolute Gasteiger partial charge is 0.493 e. The molecule has 2 aromatic carbocycles. The summed E-state index contributed by atoms with van der Waals surface area (Å²) in [6.07, 6.45) is 0.0307. The highest BCUT2D eigenvalue weighted by Gasteiger charge is 2.22. The monoisotopic (exact) mass is 369 g/mol. The van der Waals surface area contributed by atoms with Crippen LogP contribution >= 0.6 is 0 Å². The number of anilines is 1. The first-order chi connectivity index (χ1) is 13.0. The number of para-hydroxylation sites is 2. The van der Waals surface area contributed by atoms with Crippen molar-refractivity contribution in [1.29, 1.82) is 0 Å². The molecule has 2 aromatic rings. The average molecular weight is 369 g/mol. The summed E-state index contributed by atoms with van der Waals surface area (Å²) in [6.45, 7) is 8.05. The SMILES string of the molecule is CCOc1ccccc1C(=O)O[C@H](C)C(=O)Nc1ccccc1[C@H](C)CC. The van der Waals surface area contributed by atoms with E-state index >= 15 is 0 Å². The van der Waals surface area contributed by atoms with Gasteiger partial charge in [0.2, 0.25) is 0 Å². The topological polar surface area (TPSA) is 64.6 Å². The van der Waals surface area contributed by atoms with Crippen molar-refractivity contribution in [3.8, 4) is 5.75 Å². The molecular formula is C22H27NO4. The summed E-state index contributed by atoms with van der Waals surface area (Å²) in [5.41, 5.74) is 2.11. The Morgan fingerprint density at radius 3 is 2.37 bits per heavy atom. The predicted octanol–water partition coefficient (Wildman–Crippen LogP) is 4.78. The fraction of sp³-hybridized carbons (Fsp3) is 0.364. The quantitative estimate of drug-likeness (QED) is 0.680. The fourth-order valence-electron chi connectivity index (χ4n) is 2.69. The lowest BCUT2D eigenvalue weighted by atomic mass is 9.97. The first kappa shape index (κ1) is 20.5. The van der Waals surface area contributed by atoms with Crippen LogP contribution in [0.25, 0.3) is 0 Å². The van der Waals surface area contributed by atoms with Gasteiger partial charge in [0.1, 0.15) is 11.3 Å². The van der Waals surface area contributed by atoms with Gasteiger partial charge in [-0.15, -0.1) is 0 Å². The van der Waals surface area contributed by atoms with E-state index in [1.807, 2.05) is 31.2 Å². The zero-order valence-electron chi connectivity index (χ0n) is 16.3. The lowest BCUT2D eigenvalue weighted by Crippen LogP contribution is -2.30. The van der Waals surface area contributed by atoms with E-state index in [0.29, 0.717) is 23.8 Å². The molecule has 0 saturated carbocycles. The minimum Gasteiger partial charge on any atom is -0.493 e. The van der Waals surface area contributed by atoms with E-state index in [4.69, 9.17) is 9.47 Å². The molecule has 144 valence electrons. The van der Waals surface area contributed by atoms with E-state index in [1.54, 1.807) is 31.2 Å². The second-order valence-electron chi connectivity index (χ2n) is 6.36. The van der Waals surface area contributed by atoms with Crippen LogP contribution in [0.15, 0.2) is 48.5 Å². The van der Waals surface area contributed by atoms with Gasteiger partial charge in [-0.25, -0.2) is 4.79 Å². The number of nitrogens with one attached hydrogen (secondary N) is 1. The lowest BCUT2D eigenvalue weighted by molar-refractivity contribution is -0.123. The number of benzene rings is 2. The van der Waals surface area contributed by atoms with Crippen LogP contribution in [0.4, 0.5) is 5.69 Å². The average Bonchev–Trinajstić information content (AvgIpc) is 2.68. The van der Waals surface area contributed by atoms with Crippen molar-refractivity contribution >= 4 is 17.6 Å². The first-order valence-corrected chi connectivity index (χ1v) is 9.30. The lowest BCUT2D eigenvalue weighted by Gasteiger charge is -2.18. The zero-order valence-corrected chi connectivity index (χ0v) is 16.3. The van der Waals surface area contributed by atoms with Crippen molar-refractivity contribution in [2.24, 2.45) is 0 Å². The highest BCUT2D eigenvalue weighted by Crippen LogP contribution is 2.27. The molecule has 1 N–H and O–H groups in total. The Morgan fingerprint density at radius 2 is 1.67 bits per heavy atom. The highest BCUT2D eigenvalue weighted by atomic mass is 16.5. The molecule has 5 heteroatoms. The summed E-state index contributed by atoms with van der Waals surface area (Å²) >= 11 is 0. The molecule has 0 aliphatic rings. The fourth-order valence-corrected chi connectivity index (χ4v) is 2.69. The third-order valence-electron chi connectivity index (χ3n) is 4.42. The molecule has 0 aromatic heterocycles. The maximum atomic E-state index is 12.5. The number of ether oxygens (including phenoxy) is 2. The van der Waals surface area contributed by atoms with Crippen molar-refractivity contribution in [1.82, 2.24) is 0 Å². The summed E-state index contributed by atoms with van der Waals surface area (Å²) < 4.78 is 10.8. The van der Waals surface area contributed by atoms with Gasteiger partial charge in [0, 0.05) is 5.69 Å². The number of carbonyl (C=O) groups excluding carboxylic acids is 2. The van der Waals surface area contributed by atoms with Crippen molar-refractivity contribution in [2.45, 2.75) is 46.1 Å². The predicted molar refractivity (Wildman–Crippen MR) is 106 cm³/mol. The molecule has 0 unspecified atom stereocenters. The molecule has 27 heavy (non-hydrogen) atoms. The summed E-state index contributed by atoms with van der Waals surface area (Å²) in [7, 11) is 0. The van der Waals surface area contributed by atoms with Crippen LogP contribution in [-0.2, 0) is 9.53 Å². The Morgan fingerprint density at radius 1 is 1.00 bits per heavy atom. The molecule has 1 amide bonds. The van der Waals surface area contributed by atoms with Crippen LogP contribution in [0.2, 0.25) is 0 Å². The summed E-state index contributed by atoms with van der Waals surface area (Å²) in [6, 6.07) is 14.5. The van der Waals surface area contributed by atoms with E-state index in [9.17, 15) is 9.59 Å². The van der Waals surface area contributed by atoms with Crippen molar-refractivity contribution in [2.75, 3.05) is 11.9 Å². The Kier molecular flexibility index (Phi) is 7.41. The van der Waals surface area contributed by atoms with Crippen LogP contribution in [0.5, 0.6) is 5.75 Å². The Labute approximate surface area is 160 Å². The number of carbonyl (C=O) groups is 2. The van der Waals surface area contributed by atoms with E-state index in [1.165, 1.54) is 0 Å². The molecule has 2 atom stereocenters. The van der Waals surface area contributed by atoms with E-state index < -0.39 is 12.1 Å². The molecule has 0 bridgehead atoms. The molecular weight excluding hydrogens is 342 g/mol. The van der Waals surface area contributed by atoms with Gasteiger partial charge >= 0.3 is 5.97 Å². The second kappa shape index (κ2) is 9.76. The normalized spacial score (nSPS) is 12.7. The summed E-state index contributed by atoms with van der Waals surface area (Å²) in [5, 5.41) is 2.87. The van der Waals surface area contributed by atoms with Gasteiger partial charge in [-0.3, -0.25) is 4.79 Å².